The van der Waals surface area contributed by atoms with Crippen molar-refractivity contribution in [1.29, 1.82) is 0 Å². The molecule has 0 spiro atoms. The number of rotatable bonds is 7. The largest absolute Gasteiger partial charge is 0.482 e. The molecule has 168 valence electrons. The SMILES string of the molecule is O=C1NC(CC2(c3cc(Cl)ccc3Cl)CCCC2)(C(=O)O)NC=C1OCc1ccccc1. The van der Waals surface area contributed by atoms with E-state index in [2.05, 4.69) is 10.6 Å². The van der Waals surface area contributed by atoms with Gasteiger partial charge in [-0.1, -0.05) is 66.4 Å². The summed E-state index contributed by atoms with van der Waals surface area (Å²) in [6.45, 7) is 0.198. The van der Waals surface area contributed by atoms with E-state index in [4.69, 9.17) is 27.9 Å². The Labute approximate surface area is 196 Å². The van der Waals surface area contributed by atoms with Crippen molar-refractivity contribution in [3.63, 3.8) is 0 Å². The van der Waals surface area contributed by atoms with Gasteiger partial charge in [-0.05, 0) is 42.2 Å². The quantitative estimate of drug-likeness (QED) is 0.538. The van der Waals surface area contributed by atoms with Crippen LogP contribution in [0.25, 0.3) is 0 Å². The number of nitrogens with one attached hydrogen (secondary N) is 2. The molecule has 1 amide bonds. The molecule has 6 nitrogen and oxygen atoms in total. The van der Waals surface area contributed by atoms with Crippen LogP contribution in [0.2, 0.25) is 10.0 Å². The third kappa shape index (κ3) is 4.43. The fourth-order valence-electron chi connectivity index (χ4n) is 4.68. The molecule has 1 atom stereocenters. The minimum atomic E-state index is -1.69. The normalized spacial score (nSPS) is 21.9. The van der Waals surface area contributed by atoms with E-state index in [0.717, 1.165) is 36.8 Å². The first-order chi connectivity index (χ1) is 15.3. The highest BCUT2D eigenvalue weighted by Gasteiger charge is 2.51. The molecule has 1 aliphatic heterocycles. The average molecular weight is 475 g/mol. The molecule has 3 N–H and O–H groups in total. The van der Waals surface area contributed by atoms with Crippen LogP contribution < -0.4 is 10.6 Å². The molecule has 8 heteroatoms. The number of hydrogen-bond donors (Lipinski definition) is 3. The van der Waals surface area contributed by atoms with Gasteiger partial charge in [0.05, 0.1) is 0 Å². The molecule has 2 aromatic rings. The molecular weight excluding hydrogens is 451 g/mol. The van der Waals surface area contributed by atoms with Crippen molar-refractivity contribution in [2.75, 3.05) is 0 Å². The number of hydrogen-bond acceptors (Lipinski definition) is 4. The molecule has 1 aliphatic carbocycles. The van der Waals surface area contributed by atoms with Gasteiger partial charge in [0.1, 0.15) is 6.61 Å². The zero-order chi connectivity index (χ0) is 22.8. The van der Waals surface area contributed by atoms with Crippen LogP contribution >= 0.6 is 23.2 Å². The van der Waals surface area contributed by atoms with Crippen molar-refractivity contribution in [1.82, 2.24) is 10.6 Å². The number of benzene rings is 2. The minimum absolute atomic E-state index is 0.0342. The molecule has 4 rings (SSSR count). The highest BCUT2D eigenvalue weighted by molar-refractivity contribution is 6.33. The Kier molecular flexibility index (Phi) is 6.35. The van der Waals surface area contributed by atoms with Crippen LogP contribution in [0.5, 0.6) is 0 Å². The summed E-state index contributed by atoms with van der Waals surface area (Å²) in [6.07, 6.45) is 4.85. The summed E-state index contributed by atoms with van der Waals surface area (Å²) < 4.78 is 5.62. The molecule has 0 radical (unpaired) electrons. The van der Waals surface area contributed by atoms with Gasteiger partial charge >= 0.3 is 5.97 Å². The van der Waals surface area contributed by atoms with Crippen molar-refractivity contribution in [2.24, 2.45) is 0 Å². The Morgan fingerprint density at radius 3 is 2.47 bits per heavy atom. The number of ether oxygens (including phenoxy) is 1. The van der Waals surface area contributed by atoms with Crippen LogP contribution in [0.1, 0.15) is 43.2 Å². The number of aliphatic carboxylic acids is 1. The zero-order valence-corrected chi connectivity index (χ0v) is 18.9. The molecular formula is C24H24Cl2N2O4. The first-order valence-corrected chi connectivity index (χ1v) is 11.3. The van der Waals surface area contributed by atoms with E-state index in [9.17, 15) is 14.7 Å². The summed E-state index contributed by atoms with van der Waals surface area (Å²) >= 11 is 12.8. The van der Waals surface area contributed by atoms with Crippen LogP contribution in [0.3, 0.4) is 0 Å². The molecule has 1 unspecified atom stereocenters. The molecule has 0 saturated heterocycles. The van der Waals surface area contributed by atoms with Crippen LogP contribution in [-0.4, -0.2) is 22.6 Å². The molecule has 1 heterocycles. The van der Waals surface area contributed by atoms with Crippen molar-refractivity contribution in [2.45, 2.75) is 49.8 Å². The fraction of sp³-hybridized carbons (Fsp3) is 0.333. The lowest BCUT2D eigenvalue weighted by Gasteiger charge is -2.42. The predicted octanol–water partition coefficient (Wildman–Crippen LogP) is 4.75. The monoisotopic (exact) mass is 474 g/mol. The van der Waals surface area contributed by atoms with Crippen LogP contribution in [0.4, 0.5) is 0 Å². The van der Waals surface area contributed by atoms with Gasteiger partial charge in [0.2, 0.25) is 5.66 Å². The first-order valence-electron chi connectivity index (χ1n) is 10.5. The second-order valence-corrected chi connectivity index (χ2v) is 9.22. The summed E-state index contributed by atoms with van der Waals surface area (Å²) in [5.74, 6) is -1.71. The molecule has 2 aromatic carbocycles. The minimum Gasteiger partial charge on any atom is -0.482 e. The molecule has 0 bridgehead atoms. The van der Waals surface area contributed by atoms with Gasteiger partial charge in [0.15, 0.2) is 5.76 Å². The lowest BCUT2D eigenvalue weighted by atomic mass is 9.72. The Morgan fingerprint density at radius 1 is 1.09 bits per heavy atom. The summed E-state index contributed by atoms with van der Waals surface area (Å²) in [5.41, 5.74) is -0.503. The Balaban J connectivity index is 1.60. The van der Waals surface area contributed by atoms with Crippen molar-refractivity contribution < 1.29 is 19.4 Å². The van der Waals surface area contributed by atoms with E-state index in [1.54, 1.807) is 18.2 Å². The molecule has 0 aromatic heterocycles. The van der Waals surface area contributed by atoms with Crippen LogP contribution in [0.15, 0.2) is 60.5 Å². The molecule has 1 saturated carbocycles. The highest BCUT2D eigenvalue weighted by Crippen LogP contribution is 2.49. The van der Waals surface area contributed by atoms with E-state index in [-0.39, 0.29) is 18.8 Å². The Morgan fingerprint density at radius 2 is 1.81 bits per heavy atom. The van der Waals surface area contributed by atoms with Gasteiger partial charge in [-0.25, -0.2) is 4.79 Å². The predicted molar refractivity (Wildman–Crippen MR) is 122 cm³/mol. The van der Waals surface area contributed by atoms with Gasteiger partial charge < -0.3 is 20.5 Å². The zero-order valence-electron chi connectivity index (χ0n) is 17.4. The Hall–Kier alpha value is -2.70. The van der Waals surface area contributed by atoms with Gasteiger partial charge in [-0.15, -0.1) is 0 Å². The topological polar surface area (TPSA) is 87.7 Å². The molecule has 32 heavy (non-hydrogen) atoms. The van der Waals surface area contributed by atoms with Gasteiger partial charge in [0.25, 0.3) is 5.91 Å². The van der Waals surface area contributed by atoms with Gasteiger partial charge in [0, 0.05) is 28.1 Å². The number of carboxylic acid groups (broad SMARTS) is 1. The smallest absolute Gasteiger partial charge is 0.350 e. The maximum Gasteiger partial charge on any atom is 0.350 e. The maximum absolute atomic E-state index is 12.8. The lowest BCUT2D eigenvalue weighted by Crippen LogP contribution is -2.67. The van der Waals surface area contributed by atoms with E-state index in [0.29, 0.717) is 10.0 Å². The number of halogens is 2. The van der Waals surface area contributed by atoms with E-state index in [1.165, 1.54) is 6.20 Å². The molecule has 2 aliphatic rings. The van der Waals surface area contributed by atoms with Gasteiger partial charge in [-0.2, -0.15) is 0 Å². The molecule has 1 fully saturated rings. The fourth-order valence-corrected chi connectivity index (χ4v) is 5.17. The number of amides is 1. The van der Waals surface area contributed by atoms with E-state index < -0.39 is 23.0 Å². The lowest BCUT2D eigenvalue weighted by molar-refractivity contribution is -0.151. The average Bonchev–Trinajstić information content (AvgIpc) is 3.24. The Bertz CT molecular complexity index is 1050. The standard InChI is InChI=1S/C24H24Cl2N2O4/c25-17-8-9-19(26)18(12-17)23(10-4-5-11-23)15-24(22(30)31)27-13-20(21(29)28-24)32-14-16-6-2-1-3-7-16/h1-3,6-9,12-13,27H,4-5,10-11,14-15H2,(H,28,29)(H,30,31). The van der Waals surface area contributed by atoms with Crippen LogP contribution in [-0.2, 0) is 26.3 Å². The third-order valence-electron chi connectivity index (χ3n) is 6.27. The van der Waals surface area contributed by atoms with Crippen molar-refractivity contribution in [3.8, 4) is 0 Å². The van der Waals surface area contributed by atoms with Crippen molar-refractivity contribution >= 4 is 35.1 Å². The highest BCUT2D eigenvalue weighted by atomic mass is 35.5. The third-order valence-corrected chi connectivity index (χ3v) is 6.83. The second kappa shape index (κ2) is 9.04. The number of carbonyl (C=O) groups excluding carboxylic acids is 1. The summed E-state index contributed by atoms with van der Waals surface area (Å²) in [7, 11) is 0. The van der Waals surface area contributed by atoms with E-state index in [1.807, 2.05) is 30.3 Å². The van der Waals surface area contributed by atoms with Gasteiger partial charge in [-0.3, -0.25) is 4.79 Å². The van der Waals surface area contributed by atoms with Crippen LogP contribution in [0, 0.1) is 0 Å². The van der Waals surface area contributed by atoms with E-state index >= 15 is 0 Å². The summed E-state index contributed by atoms with van der Waals surface area (Å²) in [4.78, 5) is 25.2. The van der Waals surface area contributed by atoms with Crippen molar-refractivity contribution in [3.05, 3.63) is 81.7 Å². The summed E-state index contributed by atoms with van der Waals surface area (Å²) in [5, 5.41) is 16.8. The summed E-state index contributed by atoms with van der Waals surface area (Å²) in [6, 6.07) is 14.7. The second-order valence-electron chi connectivity index (χ2n) is 8.38. The number of carboxylic acids is 1. The first kappa shape index (κ1) is 22.5. The number of carbonyl (C=O) groups is 2. The maximum atomic E-state index is 12.8.